The van der Waals surface area contributed by atoms with Gasteiger partial charge in [0.1, 0.15) is 11.5 Å². The molecule has 0 amide bonds. The van der Waals surface area contributed by atoms with Crippen molar-refractivity contribution in [1.82, 2.24) is 0 Å². The van der Waals surface area contributed by atoms with Crippen LogP contribution in [0, 0.1) is 0 Å². The molecule has 0 N–H and O–H groups in total. The van der Waals surface area contributed by atoms with Crippen molar-refractivity contribution < 1.29 is 9.47 Å². The van der Waals surface area contributed by atoms with Crippen molar-refractivity contribution in [3.63, 3.8) is 0 Å². The van der Waals surface area contributed by atoms with E-state index in [-0.39, 0.29) is 5.25 Å². The molecule has 1 unspecified atom stereocenters. The van der Waals surface area contributed by atoms with Gasteiger partial charge in [-0.1, -0.05) is 12.1 Å². The zero-order chi connectivity index (χ0) is 20.4. The maximum atomic E-state index is 5.34. The standard InChI is InChI=1S/C24H24N2O2S/c1-26(2)18-9-14-21-22(15-18)29-24(17-7-12-20(28-4)13-8-17)23(25-21)16-5-10-19(27-3)11-6-16/h5-15,24H,1-4H3. The fraction of sp³-hybridized carbons (Fsp3) is 0.208. The molecule has 1 aliphatic heterocycles. The van der Waals surface area contributed by atoms with Crippen LogP contribution in [0.5, 0.6) is 11.5 Å². The molecule has 4 rings (SSSR count). The minimum atomic E-state index is 0.0965. The van der Waals surface area contributed by atoms with E-state index in [9.17, 15) is 0 Å². The predicted octanol–water partition coefficient (Wildman–Crippen LogP) is 5.74. The Hall–Kier alpha value is -2.92. The third-order valence-corrected chi connectivity index (χ3v) is 6.31. The maximum Gasteiger partial charge on any atom is 0.118 e. The fourth-order valence-electron chi connectivity index (χ4n) is 3.32. The molecule has 0 aromatic heterocycles. The molecular formula is C24H24N2O2S. The molecule has 0 saturated heterocycles. The Morgan fingerprint density at radius 2 is 1.45 bits per heavy atom. The number of methoxy groups -OCH3 is 2. The second-order valence-corrected chi connectivity index (χ2v) is 8.19. The first-order valence-electron chi connectivity index (χ1n) is 9.44. The van der Waals surface area contributed by atoms with E-state index in [0.29, 0.717) is 0 Å². The normalized spacial score (nSPS) is 15.3. The summed E-state index contributed by atoms with van der Waals surface area (Å²) in [5.41, 5.74) is 5.53. The molecule has 0 saturated carbocycles. The van der Waals surface area contributed by atoms with Gasteiger partial charge in [-0.3, -0.25) is 4.99 Å². The smallest absolute Gasteiger partial charge is 0.118 e. The van der Waals surface area contributed by atoms with Crippen LogP contribution in [0.25, 0.3) is 0 Å². The van der Waals surface area contributed by atoms with Gasteiger partial charge in [-0.05, 0) is 65.7 Å². The molecule has 3 aromatic rings. The highest BCUT2D eigenvalue weighted by Crippen LogP contribution is 2.48. The van der Waals surface area contributed by atoms with Crippen molar-refractivity contribution in [2.45, 2.75) is 10.1 Å². The van der Waals surface area contributed by atoms with E-state index in [1.54, 1.807) is 14.2 Å². The minimum absolute atomic E-state index is 0.0965. The third-order valence-electron chi connectivity index (χ3n) is 5.00. The molecule has 1 atom stereocenters. The van der Waals surface area contributed by atoms with Gasteiger partial charge in [-0.2, -0.15) is 0 Å². The monoisotopic (exact) mass is 404 g/mol. The van der Waals surface area contributed by atoms with Gasteiger partial charge in [0, 0.05) is 24.7 Å². The highest BCUT2D eigenvalue weighted by Gasteiger charge is 2.27. The van der Waals surface area contributed by atoms with Crippen molar-refractivity contribution in [3.8, 4) is 11.5 Å². The van der Waals surface area contributed by atoms with Crippen LogP contribution in [0.15, 0.2) is 76.6 Å². The first kappa shape index (κ1) is 19.4. The van der Waals surface area contributed by atoms with E-state index < -0.39 is 0 Å². The fourth-order valence-corrected chi connectivity index (χ4v) is 4.59. The van der Waals surface area contributed by atoms with Crippen molar-refractivity contribution in [1.29, 1.82) is 0 Å². The molecule has 148 valence electrons. The van der Waals surface area contributed by atoms with Gasteiger partial charge >= 0.3 is 0 Å². The van der Waals surface area contributed by atoms with Gasteiger partial charge in [-0.15, -0.1) is 11.8 Å². The van der Waals surface area contributed by atoms with Crippen LogP contribution in [0.1, 0.15) is 16.4 Å². The second kappa shape index (κ2) is 8.21. The molecule has 1 aliphatic rings. The van der Waals surface area contributed by atoms with Gasteiger partial charge in [0.2, 0.25) is 0 Å². The molecule has 5 heteroatoms. The molecule has 0 aliphatic carbocycles. The third kappa shape index (κ3) is 3.96. The first-order chi connectivity index (χ1) is 14.1. The summed E-state index contributed by atoms with van der Waals surface area (Å²) in [4.78, 5) is 8.38. The molecule has 4 nitrogen and oxygen atoms in total. The molecule has 0 bridgehead atoms. The van der Waals surface area contributed by atoms with Crippen LogP contribution in [0.2, 0.25) is 0 Å². The molecule has 0 radical (unpaired) electrons. The molecule has 3 aromatic carbocycles. The number of rotatable bonds is 5. The second-order valence-electron chi connectivity index (χ2n) is 7.04. The number of ether oxygens (including phenoxy) is 2. The van der Waals surface area contributed by atoms with Crippen LogP contribution in [-0.4, -0.2) is 34.0 Å². The van der Waals surface area contributed by atoms with Gasteiger partial charge in [-0.25, -0.2) is 0 Å². The molecule has 0 fully saturated rings. The summed E-state index contributed by atoms with van der Waals surface area (Å²) < 4.78 is 10.7. The lowest BCUT2D eigenvalue weighted by molar-refractivity contribution is 0.414. The lowest BCUT2D eigenvalue weighted by Crippen LogP contribution is -2.15. The Balaban J connectivity index is 1.80. The van der Waals surface area contributed by atoms with E-state index in [1.807, 2.05) is 36.0 Å². The Morgan fingerprint density at radius 1 is 0.828 bits per heavy atom. The van der Waals surface area contributed by atoms with Crippen molar-refractivity contribution in [3.05, 3.63) is 77.9 Å². The molecular weight excluding hydrogens is 380 g/mol. The van der Waals surface area contributed by atoms with Crippen LogP contribution in [0.4, 0.5) is 11.4 Å². The Kier molecular flexibility index (Phi) is 5.49. The van der Waals surface area contributed by atoms with E-state index in [0.717, 1.165) is 28.5 Å². The first-order valence-corrected chi connectivity index (χ1v) is 10.3. The highest BCUT2D eigenvalue weighted by atomic mass is 32.2. The molecule has 0 spiro atoms. The number of anilines is 1. The van der Waals surface area contributed by atoms with Crippen LogP contribution in [0.3, 0.4) is 0 Å². The van der Waals surface area contributed by atoms with Crippen LogP contribution >= 0.6 is 11.8 Å². The van der Waals surface area contributed by atoms with Gasteiger partial charge in [0.05, 0.1) is 30.9 Å². The summed E-state index contributed by atoms with van der Waals surface area (Å²) in [6, 6.07) is 22.8. The number of nitrogens with zero attached hydrogens (tertiary/aromatic N) is 2. The van der Waals surface area contributed by atoms with Crippen LogP contribution in [-0.2, 0) is 0 Å². The average molecular weight is 405 g/mol. The summed E-state index contributed by atoms with van der Waals surface area (Å²) in [5.74, 6) is 1.70. The number of thioether (sulfide) groups is 1. The predicted molar refractivity (Wildman–Crippen MR) is 122 cm³/mol. The maximum absolute atomic E-state index is 5.34. The van der Waals surface area contributed by atoms with Crippen molar-refractivity contribution in [2.75, 3.05) is 33.2 Å². The zero-order valence-electron chi connectivity index (χ0n) is 17.0. The van der Waals surface area contributed by atoms with Crippen molar-refractivity contribution in [2.24, 2.45) is 4.99 Å². The quantitative estimate of drug-likeness (QED) is 0.543. The Labute approximate surface area is 176 Å². The lowest BCUT2D eigenvalue weighted by atomic mass is 10.0. The number of hydrogen-bond donors (Lipinski definition) is 0. The van der Waals surface area contributed by atoms with E-state index in [2.05, 4.69) is 61.5 Å². The summed E-state index contributed by atoms with van der Waals surface area (Å²) in [7, 11) is 7.49. The van der Waals surface area contributed by atoms with Gasteiger partial charge in [0.25, 0.3) is 0 Å². The summed E-state index contributed by atoms with van der Waals surface area (Å²) in [6.07, 6.45) is 0. The Bertz CT molecular complexity index is 1030. The largest absolute Gasteiger partial charge is 0.497 e. The topological polar surface area (TPSA) is 34.1 Å². The molecule has 29 heavy (non-hydrogen) atoms. The van der Waals surface area contributed by atoms with E-state index in [1.165, 1.54) is 16.1 Å². The summed E-state index contributed by atoms with van der Waals surface area (Å²) in [6.45, 7) is 0. The number of fused-ring (bicyclic) bond motifs is 1. The van der Waals surface area contributed by atoms with Crippen molar-refractivity contribution >= 4 is 28.8 Å². The van der Waals surface area contributed by atoms with Gasteiger partial charge < -0.3 is 14.4 Å². The highest BCUT2D eigenvalue weighted by molar-refractivity contribution is 8.00. The Morgan fingerprint density at radius 3 is 2.03 bits per heavy atom. The van der Waals surface area contributed by atoms with Gasteiger partial charge in [0.15, 0.2) is 0 Å². The van der Waals surface area contributed by atoms with E-state index in [4.69, 9.17) is 14.5 Å². The molecule has 1 heterocycles. The number of aliphatic imine (C=N–C) groups is 1. The average Bonchev–Trinajstić information content (AvgIpc) is 2.78. The number of hydrogen-bond acceptors (Lipinski definition) is 5. The minimum Gasteiger partial charge on any atom is -0.497 e. The summed E-state index contributed by atoms with van der Waals surface area (Å²) in [5, 5.41) is 0.0965. The lowest BCUT2D eigenvalue weighted by Gasteiger charge is -2.26. The SMILES string of the molecule is COc1ccc(C2=Nc3ccc(N(C)C)cc3SC2c2ccc(OC)cc2)cc1. The van der Waals surface area contributed by atoms with Crippen LogP contribution < -0.4 is 14.4 Å². The number of benzene rings is 3. The van der Waals surface area contributed by atoms with E-state index >= 15 is 0 Å². The zero-order valence-corrected chi connectivity index (χ0v) is 17.9. The summed E-state index contributed by atoms with van der Waals surface area (Å²) >= 11 is 1.84.